The molecule has 3 rings (SSSR count). The number of carbonyl (C=O) groups excluding carboxylic acids is 3. The fourth-order valence-corrected chi connectivity index (χ4v) is 2.94. The number of nitrogens with one attached hydrogen (secondary N) is 1. The van der Waals surface area contributed by atoms with E-state index in [9.17, 15) is 14.4 Å². The highest BCUT2D eigenvalue weighted by atomic mass is 16.2. The summed E-state index contributed by atoms with van der Waals surface area (Å²) in [5.41, 5.74) is 1.72. The van der Waals surface area contributed by atoms with E-state index in [0.717, 1.165) is 30.7 Å². The van der Waals surface area contributed by atoms with Gasteiger partial charge in [-0.1, -0.05) is 18.6 Å². The van der Waals surface area contributed by atoms with Gasteiger partial charge in [-0.05, 0) is 31.0 Å². The molecule has 1 aromatic rings. The second-order valence-electron chi connectivity index (χ2n) is 5.67. The van der Waals surface area contributed by atoms with E-state index in [2.05, 4.69) is 5.32 Å². The number of imide groups is 1. The van der Waals surface area contributed by atoms with Crippen LogP contribution in [0.3, 0.4) is 0 Å². The normalized spacial score (nSPS) is 22.1. The molecule has 5 nitrogen and oxygen atoms in total. The van der Waals surface area contributed by atoms with E-state index in [0.29, 0.717) is 16.7 Å². The van der Waals surface area contributed by atoms with Crippen molar-refractivity contribution in [1.82, 2.24) is 10.2 Å². The van der Waals surface area contributed by atoms with Crippen LogP contribution in [0.15, 0.2) is 18.2 Å². The lowest BCUT2D eigenvalue weighted by atomic mass is 9.91. The number of fused-ring (bicyclic) bond motifs is 1. The van der Waals surface area contributed by atoms with Crippen molar-refractivity contribution in [2.75, 3.05) is 13.6 Å². The summed E-state index contributed by atoms with van der Waals surface area (Å²) in [6.07, 6.45) is 3.19. The molecule has 2 aliphatic rings. The Balaban J connectivity index is 1.90. The van der Waals surface area contributed by atoms with Crippen LogP contribution in [0.5, 0.6) is 0 Å². The third kappa shape index (κ3) is 2.49. The summed E-state index contributed by atoms with van der Waals surface area (Å²) in [7, 11) is 1.48. The average molecular weight is 286 g/mol. The number of carbonyl (C=O) groups is 3. The van der Waals surface area contributed by atoms with Crippen LogP contribution in [0, 0.1) is 0 Å². The number of nitrogens with zero attached hydrogens (tertiary/aromatic N) is 1. The van der Waals surface area contributed by atoms with Gasteiger partial charge in [0.2, 0.25) is 5.91 Å². The summed E-state index contributed by atoms with van der Waals surface area (Å²) in [6, 6.07) is 4.94. The molecule has 5 heteroatoms. The number of hydrogen-bond acceptors (Lipinski definition) is 4. The number of rotatable bonds is 2. The maximum atomic E-state index is 12.5. The van der Waals surface area contributed by atoms with Crippen molar-refractivity contribution < 1.29 is 14.4 Å². The lowest BCUT2D eigenvalue weighted by molar-refractivity contribution is -0.127. The quantitative estimate of drug-likeness (QED) is 0.654. The Labute approximate surface area is 123 Å². The molecule has 0 spiro atoms. The minimum Gasteiger partial charge on any atom is -0.307 e. The Morgan fingerprint density at radius 3 is 2.81 bits per heavy atom. The van der Waals surface area contributed by atoms with Gasteiger partial charge in [-0.3, -0.25) is 19.3 Å². The number of benzene rings is 1. The highest BCUT2D eigenvalue weighted by Crippen LogP contribution is 2.22. The van der Waals surface area contributed by atoms with Gasteiger partial charge in [-0.2, -0.15) is 0 Å². The number of likely N-dealkylation sites (N-methyl/N-ethyl adjacent to an activating group) is 1. The van der Waals surface area contributed by atoms with Gasteiger partial charge in [0.25, 0.3) is 5.91 Å². The van der Waals surface area contributed by atoms with Gasteiger partial charge in [0.1, 0.15) is 0 Å². The molecule has 2 heterocycles. The predicted molar refractivity (Wildman–Crippen MR) is 77.2 cm³/mol. The molecule has 1 aromatic carbocycles. The number of Topliss-reactive ketones (excluding diaryl/α,β-unsaturated/α-hetero) is 1. The molecule has 2 amide bonds. The molecule has 0 aromatic heterocycles. The molecule has 0 radical (unpaired) electrons. The van der Waals surface area contributed by atoms with E-state index in [1.807, 2.05) is 0 Å². The molecule has 2 aliphatic heterocycles. The van der Waals surface area contributed by atoms with Crippen molar-refractivity contribution in [3.8, 4) is 0 Å². The smallest absolute Gasteiger partial charge is 0.260 e. The Morgan fingerprint density at radius 1 is 1.29 bits per heavy atom. The maximum Gasteiger partial charge on any atom is 0.260 e. The summed E-state index contributed by atoms with van der Waals surface area (Å²) < 4.78 is 0. The topological polar surface area (TPSA) is 66.5 Å². The van der Waals surface area contributed by atoms with Crippen molar-refractivity contribution in [2.45, 2.75) is 31.7 Å². The monoisotopic (exact) mass is 286 g/mol. The number of piperidine rings is 1. The summed E-state index contributed by atoms with van der Waals surface area (Å²) in [5, 5.41) is 3.23. The fraction of sp³-hybridized carbons (Fsp3) is 0.438. The van der Waals surface area contributed by atoms with E-state index >= 15 is 0 Å². The standard InChI is InChI=1S/C16H18N2O3/c1-18-14(19)9-10-5-6-11(8-12(10)16(18)21)15(20)13-4-2-3-7-17-13/h5-6,8,13,17H,2-4,7,9H2,1H3. The summed E-state index contributed by atoms with van der Waals surface area (Å²) in [5.74, 6) is -0.502. The van der Waals surface area contributed by atoms with Crippen molar-refractivity contribution in [3.05, 3.63) is 34.9 Å². The van der Waals surface area contributed by atoms with E-state index in [4.69, 9.17) is 0 Å². The first-order chi connectivity index (χ1) is 10.1. The van der Waals surface area contributed by atoms with Gasteiger partial charge >= 0.3 is 0 Å². The van der Waals surface area contributed by atoms with Gasteiger partial charge in [0.05, 0.1) is 12.5 Å². The number of amides is 2. The Bertz CT molecular complexity index is 618. The van der Waals surface area contributed by atoms with E-state index in [1.165, 1.54) is 7.05 Å². The molecule has 1 N–H and O–H groups in total. The van der Waals surface area contributed by atoms with Crippen molar-refractivity contribution in [3.63, 3.8) is 0 Å². The minimum absolute atomic E-state index is 0.0323. The lowest BCUT2D eigenvalue weighted by Crippen LogP contribution is -2.41. The highest BCUT2D eigenvalue weighted by molar-refractivity contribution is 6.11. The van der Waals surface area contributed by atoms with Gasteiger partial charge in [0, 0.05) is 18.2 Å². The second-order valence-corrected chi connectivity index (χ2v) is 5.67. The van der Waals surface area contributed by atoms with Crippen LogP contribution in [0.1, 0.15) is 45.5 Å². The lowest BCUT2D eigenvalue weighted by Gasteiger charge is -2.25. The summed E-state index contributed by atoms with van der Waals surface area (Å²) in [6.45, 7) is 0.859. The Hall–Kier alpha value is -2.01. The molecule has 1 unspecified atom stereocenters. The number of ketones is 1. The van der Waals surface area contributed by atoms with Crippen LogP contribution in [0.2, 0.25) is 0 Å². The predicted octanol–water partition coefficient (Wildman–Crippen LogP) is 1.17. The molecule has 21 heavy (non-hydrogen) atoms. The molecular formula is C16H18N2O3. The zero-order valence-corrected chi connectivity index (χ0v) is 12.0. The summed E-state index contributed by atoms with van der Waals surface area (Å²) in [4.78, 5) is 37.4. The molecule has 110 valence electrons. The zero-order valence-electron chi connectivity index (χ0n) is 12.0. The van der Waals surface area contributed by atoms with E-state index < -0.39 is 0 Å². The first-order valence-corrected chi connectivity index (χ1v) is 7.29. The largest absolute Gasteiger partial charge is 0.307 e. The van der Waals surface area contributed by atoms with Crippen molar-refractivity contribution in [2.24, 2.45) is 0 Å². The van der Waals surface area contributed by atoms with Gasteiger partial charge in [-0.25, -0.2) is 0 Å². The SMILES string of the molecule is CN1C(=O)Cc2ccc(C(=O)C3CCCCN3)cc2C1=O. The Kier molecular flexibility index (Phi) is 3.59. The third-order valence-corrected chi connectivity index (χ3v) is 4.27. The molecular weight excluding hydrogens is 268 g/mol. The Morgan fingerprint density at radius 2 is 2.10 bits per heavy atom. The fourth-order valence-electron chi connectivity index (χ4n) is 2.94. The highest BCUT2D eigenvalue weighted by Gasteiger charge is 2.29. The zero-order chi connectivity index (χ0) is 15.0. The van der Waals surface area contributed by atoms with Crippen LogP contribution < -0.4 is 5.32 Å². The molecule has 0 bridgehead atoms. The van der Waals surface area contributed by atoms with E-state index in [-0.39, 0.29) is 30.1 Å². The second kappa shape index (κ2) is 5.41. The van der Waals surface area contributed by atoms with E-state index in [1.54, 1.807) is 18.2 Å². The first kappa shape index (κ1) is 13.9. The van der Waals surface area contributed by atoms with Gasteiger partial charge in [-0.15, -0.1) is 0 Å². The van der Waals surface area contributed by atoms with Gasteiger partial charge < -0.3 is 5.32 Å². The minimum atomic E-state index is -0.326. The van der Waals surface area contributed by atoms with Gasteiger partial charge in [0.15, 0.2) is 5.78 Å². The average Bonchev–Trinajstić information content (AvgIpc) is 2.53. The molecule has 1 atom stereocenters. The maximum absolute atomic E-state index is 12.5. The molecule has 0 saturated carbocycles. The first-order valence-electron chi connectivity index (χ1n) is 7.29. The van der Waals surface area contributed by atoms with Crippen LogP contribution in [0.4, 0.5) is 0 Å². The number of hydrogen-bond donors (Lipinski definition) is 1. The molecule has 1 saturated heterocycles. The van der Waals surface area contributed by atoms with Crippen LogP contribution in [-0.4, -0.2) is 42.1 Å². The molecule has 0 aliphatic carbocycles. The van der Waals surface area contributed by atoms with Crippen LogP contribution in [0.25, 0.3) is 0 Å². The van der Waals surface area contributed by atoms with Crippen LogP contribution >= 0.6 is 0 Å². The van der Waals surface area contributed by atoms with Crippen molar-refractivity contribution in [1.29, 1.82) is 0 Å². The third-order valence-electron chi connectivity index (χ3n) is 4.27. The molecule has 1 fully saturated rings. The van der Waals surface area contributed by atoms with Crippen LogP contribution in [-0.2, 0) is 11.2 Å². The summed E-state index contributed by atoms with van der Waals surface area (Å²) >= 11 is 0. The van der Waals surface area contributed by atoms with Crippen molar-refractivity contribution >= 4 is 17.6 Å².